The summed E-state index contributed by atoms with van der Waals surface area (Å²) < 4.78 is 30.8. The second-order valence-corrected chi connectivity index (χ2v) is 8.15. The van der Waals surface area contributed by atoms with E-state index in [4.69, 9.17) is 0 Å². The molecule has 0 atom stereocenters. The van der Waals surface area contributed by atoms with Gasteiger partial charge in [0.05, 0.1) is 29.3 Å². The van der Waals surface area contributed by atoms with Gasteiger partial charge in [0.25, 0.3) is 5.92 Å². The molecule has 0 saturated carbocycles. The standard InChI is InChI=1S/C24H20F2N6/c25-24(26)7-10-30(11-8-24)19-3-5-20(6-4-19)32-22-13-17(1-2-18(22)14-29-32)21-16-31-12-9-27-23(31)15-28-21/h1-6,9,12-16H,7-8,10-11H2. The number of halogens is 2. The van der Waals surface area contributed by atoms with Crippen molar-refractivity contribution in [2.24, 2.45) is 0 Å². The predicted molar refractivity (Wildman–Crippen MR) is 119 cm³/mol. The van der Waals surface area contributed by atoms with Crippen molar-refractivity contribution in [1.82, 2.24) is 24.1 Å². The molecule has 1 aliphatic rings. The number of nitrogens with zero attached hydrogens (tertiary/aromatic N) is 6. The van der Waals surface area contributed by atoms with Gasteiger partial charge in [-0.05, 0) is 30.3 Å². The molecule has 8 heteroatoms. The third-order valence-electron chi connectivity index (χ3n) is 6.10. The molecule has 6 nitrogen and oxygen atoms in total. The molecule has 4 heterocycles. The summed E-state index contributed by atoms with van der Waals surface area (Å²) in [7, 11) is 0. The molecule has 0 amide bonds. The number of piperidine rings is 1. The summed E-state index contributed by atoms with van der Waals surface area (Å²) in [5, 5.41) is 5.60. The van der Waals surface area contributed by atoms with Crippen LogP contribution in [0.1, 0.15) is 12.8 Å². The quantitative estimate of drug-likeness (QED) is 0.406. The number of benzene rings is 2. The molecule has 0 unspecified atom stereocenters. The topological polar surface area (TPSA) is 51.2 Å². The summed E-state index contributed by atoms with van der Waals surface area (Å²) in [6.07, 6.45) is 9.01. The van der Waals surface area contributed by atoms with Crippen LogP contribution < -0.4 is 4.90 Å². The van der Waals surface area contributed by atoms with Crippen LogP contribution in [-0.2, 0) is 0 Å². The molecule has 160 valence electrons. The Kier molecular flexibility index (Phi) is 4.21. The maximum absolute atomic E-state index is 13.5. The predicted octanol–water partition coefficient (Wildman–Crippen LogP) is 4.97. The summed E-state index contributed by atoms with van der Waals surface area (Å²) in [6, 6.07) is 14.1. The van der Waals surface area contributed by atoms with Crippen LogP contribution in [0.2, 0.25) is 0 Å². The molecule has 0 N–H and O–H groups in total. The molecule has 6 rings (SSSR count). The van der Waals surface area contributed by atoms with Crippen molar-refractivity contribution >= 4 is 22.2 Å². The van der Waals surface area contributed by atoms with Gasteiger partial charge in [0.15, 0.2) is 5.65 Å². The Morgan fingerprint density at radius 2 is 1.66 bits per heavy atom. The lowest BCUT2D eigenvalue weighted by atomic mass is 10.1. The molecule has 1 fully saturated rings. The molecule has 1 saturated heterocycles. The Balaban J connectivity index is 1.32. The highest BCUT2D eigenvalue weighted by Crippen LogP contribution is 2.31. The van der Waals surface area contributed by atoms with Gasteiger partial charge in [-0.15, -0.1) is 0 Å². The first-order chi connectivity index (χ1) is 15.6. The minimum Gasteiger partial charge on any atom is -0.371 e. The van der Waals surface area contributed by atoms with Gasteiger partial charge in [0, 0.05) is 61.2 Å². The van der Waals surface area contributed by atoms with Crippen molar-refractivity contribution in [2.45, 2.75) is 18.8 Å². The van der Waals surface area contributed by atoms with Crippen LogP contribution in [0.25, 0.3) is 33.5 Å². The van der Waals surface area contributed by atoms with Crippen LogP contribution in [0.5, 0.6) is 0 Å². The van der Waals surface area contributed by atoms with Crippen molar-refractivity contribution in [3.8, 4) is 16.9 Å². The van der Waals surface area contributed by atoms with E-state index in [-0.39, 0.29) is 12.8 Å². The highest BCUT2D eigenvalue weighted by atomic mass is 19.3. The van der Waals surface area contributed by atoms with Crippen LogP contribution in [0.3, 0.4) is 0 Å². The zero-order chi connectivity index (χ0) is 21.7. The summed E-state index contributed by atoms with van der Waals surface area (Å²) in [5.41, 5.74) is 5.49. The van der Waals surface area contributed by atoms with Crippen molar-refractivity contribution in [1.29, 1.82) is 0 Å². The number of fused-ring (bicyclic) bond motifs is 2. The Labute approximate surface area is 182 Å². The largest absolute Gasteiger partial charge is 0.371 e. The van der Waals surface area contributed by atoms with E-state index < -0.39 is 5.92 Å². The van der Waals surface area contributed by atoms with Crippen LogP contribution >= 0.6 is 0 Å². The van der Waals surface area contributed by atoms with Gasteiger partial charge >= 0.3 is 0 Å². The number of alkyl halides is 2. The summed E-state index contributed by atoms with van der Waals surface area (Å²) in [5.74, 6) is -2.54. The molecule has 2 aromatic carbocycles. The summed E-state index contributed by atoms with van der Waals surface area (Å²) >= 11 is 0. The third-order valence-corrected chi connectivity index (χ3v) is 6.10. The third kappa shape index (κ3) is 3.28. The maximum Gasteiger partial charge on any atom is 0.251 e. The average molecular weight is 430 g/mol. The Morgan fingerprint density at radius 1 is 0.875 bits per heavy atom. The Morgan fingerprint density at radius 3 is 2.47 bits per heavy atom. The first-order valence-electron chi connectivity index (χ1n) is 10.6. The lowest BCUT2D eigenvalue weighted by Crippen LogP contribution is -2.39. The number of aromatic nitrogens is 5. The van der Waals surface area contributed by atoms with Gasteiger partial charge in [-0.25, -0.2) is 18.4 Å². The minimum absolute atomic E-state index is 0.0970. The molecule has 5 aromatic rings. The SMILES string of the molecule is FC1(F)CCN(c2ccc(-n3ncc4ccc(-c5cn6ccnc6cn5)cc43)cc2)CC1. The van der Waals surface area contributed by atoms with Crippen molar-refractivity contribution in [3.05, 3.63) is 73.4 Å². The fourth-order valence-corrected chi connectivity index (χ4v) is 4.26. The molecule has 3 aromatic heterocycles. The number of imidazole rings is 1. The van der Waals surface area contributed by atoms with E-state index in [2.05, 4.69) is 21.1 Å². The smallest absolute Gasteiger partial charge is 0.251 e. The lowest BCUT2D eigenvalue weighted by molar-refractivity contribution is -0.0220. The van der Waals surface area contributed by atoms with Crippen LogP contribution in [0.4, 0.5) is 14.5 Å². The van der Waals surface area contributed by atoms with E-state index in [9.17, 15) is 8.78 Å². The van der Waals surface area contributed by atoms with E-state index in [1.807, 2.05) is 69.0 Å². The van der Waals surface area contributed by atoms with E-state index in [0.29, 0.717) is 13.1 Å². The van der Waals surface area contributed by atoms with Crippen molar-refractivity contribution in [2.75, 3.05) is 18.0 Å². The Hall–Kier alpha value is -3.81. The first kappa shape index (κ1) is 18.9. The average Bonchev–Trinajstić information content (AvgIpc) is 3.45. The summed E-state index contributed by atoms with van der Waals surface area (Å²) in [4.78, 5) is 10.8. The highest BCUT2D eigenvalue weighted by Gasteiger charge is 2.34. The Bertz CT molecular complexity index is 1410. The molecular weight excluding hydrogens is 410 g/mol. The summed E-state index contributed by atoms with van der Waals surface area (Å²) in [6.45, 7) is 0.739. The fourth-order valence-electron chi connectivity index (χ4n) is 4.26. The van der Waals surface area contributed by atoms with E-state index in [1.54, 1.807) is 12.4 Å². The highest BCUT2D eigenvalue weighted by molar-refractivity contribution is 5.85. The van der Waals surface area contributed by atoms with E-state index >= 15 is 0 Å². The van der Waals surface area contributed by atoms with Gasteiger partial charge in [-0.2, -0.15) is 5.10 Å². The first-order valence-corrected chi connectivity index (χ1v) is 10.6. The normalized spacial score (nSPS) is 16.1. The number of hydrogen-bond donors (Lipinski definition) is 0. The molecule has 32 heavy (non-hydrogen) atoms. The minimum atomic E-state index is -2.54. The van der Waals surface area contributed by atoms with Crippen molar-refractivity contribution < 1.29 is 8.78 Å². The number of rotatable bonds is 3. The molecule has 0 bridgehead atoms. The fraction of sp³-hybridized carbons (Fsp3) is 0.208. The van der Waals surface area contributed by atoms with Gasteiger partial charge < -0.3 is 9.30 Å². The molecule has 0 radical (unpaired) electrons. The second-order valence-electron chi connectivity index (χ2n) is 8.15. The zero-order valence-corrected chi connectivity index (χ0v) is 17.2. The monoisotopic (exact) mass is 430 g/mol. The van der Waals surface area contributed by atoms with Gasteiger partial charge in [0.1, 0.15) is 0 Å². The number of anilines is 1. The van der Waals surface area contributed by atoms with Gasteiger partial charge in [0.2, 0.25) is 0 Å². The van der Waals surface area contributed by atoms with Crippen LogP contribution in [0, 0.1) is 0 Å². The lowest BCUT2D eigenvalue weighted by Gasteiger charge is -2.33. The van der Waals surface area contributed by atoms with Crippen molar-refractivity contribution in [3.63, 3.8) is 0 Å². The maximum atomic E-state index is 13.5. The molecular formula is C24H20F2N6. The van der Waals surface area contributed by atoms with Crippen LogP contribution in [-0.4, -0.2) is 43.2 Å². The second kappa shape index (κ2) is 7.12. The zero-order valence-electron chi connectivity index (χ0n) is 17.2. The number of hydrogen-bond acceptors (Lipinski definition) is 4. The van der Waals surface area contributed by atoms with E-state index in [1.165, 1.54) is 0 Å². The van der Waals surface area contributed by atoms with E-state index in [0.717, 1.165) is 39.2 Å². The molecule has 1 aliphatic heterocycles. The molecule has 0 spiro atoms. The molecule has 0 aliphatic carbocycles. The van der Waals surface area contributed by atoms with Crippen LogP contribution in [0.15, 0.2) is 73.4 Å². The van der Waals surface area contributed by atoms with Gasteiger partial charge in [-0.1, -0.05) is 12.1 Å². The van der Waals surface area contributed by atoms with Gasteiger partial charge in [-0.3, -0.25) is 4.98 Å².